The third-order valence-electron chi connectivity index (χ3n) is 2.96. The number of nitrogens with one attached hydrogen (secondary N) is 2. The van der Waals surface area contributed by atoms with E-state index >= 15 is 0 Å². The highest BCUT2D eigenvalue weighted by atomic mass is 16.5. The maximum Gasteiger partial charge on any atom is 0.261 e. The van der Waals surface area contributed by atoms with Gasteiger partial charge >= 0.3 is 0 Å². The van der Waals surface area contributed by atoms with Crippen LogP contribution in [0, 0.1) is 13.8 Å². The fourth-order valence-electron chi connectivity index (χ4n) is 2.02. The van der Waals surface area contributed by atoms with E-state index in [2.05, 4.69) is 20.7 Å². The first-order valence-corrected chi connectivity index (χ1v) is 5.82. The monoisotopic (exact) mass is 256 g/mol. The van der Waals surface area contributed by atoms with Crippen molar-refractivity contribution >= 4 is 22.5 Å². The molecule has 3 aromatic rings. The van der Waals surface area contributed by atoms with Gasteiger partial charge in [0, 0.05) is 11.1 Å². The zero-order chi connectivity index (χ0) is 13.4. The van der Waals surface area contributed by atoms with Crippen molar-refractivity contribution in [1.82, 2.24) is 15.4 Å². The fourth-order valence-corrected chi connectivity index (χ4v) is 2.02. The molecule has 19 heavy (non-hydrogen) atoms. The Balaban J connectivity index is 1.90. The average molecular weight is 256 g/mol. The molecule has 0 aliphatic carbocycles. The lowest BCUT2D eigenvalue weighted by molar-refractivity contribution is 0.102. The van der Waals surface area contributed by atoms with E-state index < -0.39 is 0 Å². The lowest BCUT2D eigenvalue weighted by Crippen LogP contribution is -2.13. The molecule has 6 heteroatoms. The number of aromatic nitrogens is 3. The first-order chi connectivity index (χ1) is 9.15. The minimum atomic E-state index is -0.227. The summed E-state index contributed by atoms with van der Waals surface area (Å²) in [4.78, 5) is 12.2. The van der Waals surface area contributed by atoms with Crippen LogP contribution in [-0.2, 0) is 0 Å². The molecule has 2 heterocycles. The van der Waals surface area contributed by atoms with Crippen molar-refractivity contribution < 1.29 is 9.32 Å². The highest BCUT2D eigenvalue weighted by molar-refractivity contribution is 6.06. The molecule has 0 saturated carbocycles. The topological polar surface area (TPSA) is 83.8 Å². The molecule has 0 bridgehead atoms. The van der Waals surface area contributed by atoms with Gasteiger partial charge < -0.3 is 9.84 Å². The van der Waals surface area contributed by atoms with Crippen LogP contribution in [0.25, 0.3) is 10.9 Å². The Bertz CT molecular complexity index is 737. The van der Waals surface area contributed by atoms with Gasteiger partial charge in [-0.15, -0.1) is 0 Å². The lowest BCUT2D eigenvalue weighted by atomic mass is 10.2. The van der Waals surface area contributed by atoms with Crippen LogP contribution in [-0.4, -0.2) is 21.3 Å². The summed E-state index contributed by atoms with van der Waals surface area (Å²) in [6, 6.07) is 5.55. The molecular formula is C13H12N4O2. The second-order valence-corrected chi connectivity index (χ2v) is 4.33. The summed E-state index contributed by atoms with van der Waals surface area (Å²) >= 11 is 0. The van der Waals surface area contributed by atoms with Crippen molar-refractivity contribution in [3.05, 3.63) is 41.4 Å². The van der Waals surface area contributed by atoms with Crippen LogP contribution in [0.15, 0.2) is 28.9 Å². The van der Waals surface area contributed by atoms with Crippen molar-refractivity contribution in [1.29, 1.82) is 0 Å². The summed E-state index contributed by atoms with van der Waals surface area (Å²) in [6.45, 7) is 3.45. The van der Waals surface area contributed by atoms with Gasteiger partial charge in [0.2, 0.25) is 0 Å². The average Bonchev–Trinajstić information content (AvgIpc) is 2.95. The number of carbonyl (C=O) groups excluding carboxylic acids is 1. The van der Waals surface area contributed by atoms with E-state index in [1.165, 1.54) is 0 Å². The minimum Gasteiger partial charge on any atom is -0.361 e. The number of amides is 1. The number of anilines is 1. The van der Waals surface area contributed by atoms with Crippen LogP contribution in [0.4, 0.5) is 5.69 Å². The van der Waals surface area contributed by atoms with E-state index in [1.54, 1.807) is 20.0 Å². The highest BCUT2D eigenvalue weighted by Gasteiger charge is 2.17. The summed E-state index contributed by atoms with van der Waals surface area (Å²) in [5.74, 6) is 0.285. The molecule has 0 spiro atoms. The minimum absolute atomic E-state index is 0.227. The second kappa shape index (κ2) is 4.24. The van der Waals surface area contributed by atoms with Gasteiger partial charge in [-0.25, -0.2) is 0 Å². The zero-order valence-corrected chi connectivity index (χ0v) is 10.5. The summed E-state index contributed by atoms with van der Waals surface area (Å²) in [5, 5.41) is 14.4. The zero-order valence-electron chi connectivity index (χ0n) is 10.5. The number of aromatic amines is 1. The number of benzene rings is 1. The van der Waals surface area contributed by atoms with Crippen LogP contribution < -0.4 is 5.32 Å². The quantitative estimate of drug-likeness (QED) is 0.737. The van der Waals surface area contributed by atoms with E-state index in [0.29, 0.717) is 22.7 Å². The maximum atomic E-state index is 12.2. The molecule has 0 aliphatic rings. The summed E-state index contributed by atoms with van der Waals surface area (Å²) in [6.07, 6.45) is 1.73. The number of rotatable bonds is 2. The number of fused-ring (bicyclic) bond motifs is 1. The smallest absolute Gasteiger partial charge is 0.261 e. The van der Waals surface area contributed by atoms with Crippen LogP contribution in [0.3, 0.4) is 0 Å². The van der Waals surface area contributed by atoms with Gasteiger partial charge in [-0.05, 0) is 32.0 Å². The number of nitrogens with zero attached hydrogens (tertiary/aromatic N) is 2. The predicted molar refractivity (Wildman–Crippen MR) is 70.0 cm³/mol. The first-order valence-electron chi connectivity index (χ1n) is 5.82. The largest absolute Gasteiger partial charge is 0.361 e. The number of hydrogen-bond acceptors (Lipinski definition) is 4. The molecule has 1 amide bonds. The SMILES string of the molecule is Cc1noc(C)c1C(=O)Nc1ccc2cn[nH]c2c1. The van der Waals surface area contributed by atoms with Crippen molar-refractivity contribution in [3.63, 3.8) is 0 Å². The predicted octanol–water partition coefficient (Wildman–Crippen LogP) is 2.42. The molecule has 0 atom stereocenters. The van der Waals surface area contributed by atoms with Gasteiger partial charge in [-0.1, -0.05) is 5.16 Å². The van der Waals surface area contributed by atoms with Crippen molar-refractivity contribution in [2.75, 3.05) is 5.32 Å². The second-order valence-electron chi connectivity index (χ2n) is 4.33. The van der Waals surface area contributed by atoms with Gasteiger partial charge in [0.05, 0.1) is 17.4 Å². The molecule has 3 rings (SSSR count). The number of hydrogen-bond donors (Lipinski definition) is 2. The van der Waals surface area contributed by atoms with E-state index in [0.717, 1.165) is 10.9 Å². The van der Waals surface area contributed by atoms with Gasteiger partial charge in [0.25, 0.3) is 5.91 Å². The van der Waals surface area contributed by atoms with Gasteiger partial charge in [-0.3, -0.25) is 9.89 Å². The van der Waals surface area contributed by atoms with Crippen LogP contribution in [0.2, 0.25) is 0 Å². The number of carbonyl (C=O) groups is 1. The fraction of sp³-hybridized carbons (Fsp3) is 0.154. The molecule has 0 saturated heterocycles. The van der Waals surface area contributed by atoms with E-state index in [-0.39, 0.29) is 5.91 Å². The molecule has 0 unspecified atom stereocenters. The Labute approximate surface area is 108 Å². The molecule has 0 fully saturated rings. The Morgan fingerprint density at radius 3 is 2.95 bits per heavy atom. The van der Waals surface area contributed by atoms with Gasteiger partial charge in [-0.2, -0.15) is 5.10 Å². The van der Waals surface area contributed by atoms with Crippen LogP contribution in [0.1, 0.15) is 21.8 Å². The van der Waals surface area contributed by atoms with Gasteiger partial charge in [0.1, 0.15) is 11.3 Å². The van der Waals surface area contributed by atoms with Crippen LogP contribution >= 0.6 is 0 Å². The van der Waals surface area contributed by atoms with E-state index in [4.69, 9.17) is 4.52 Å². The number of H-pyrrole nitrogens is 1. The Kier molecular flexibility index (Phi) is 2.56. The number of aryl methyl sites for hydroxylation is 2. The summed E-state index contributed by atoms with van der Waals surface area (Å²) < 4.78 is 4.98. The molecule has 1 aromatic carbocycles. The summed E-state index contributed by atoms with van der Waals surface area (Å²) in [5.41, 5.74) is 2.63. The Morgan fingerprint density at radius 1 is 1.37 bits per heavy atom. The molecule has 0 radical (unpaired) electrons. The Morgan fingerprint density at radius 2 is 2.21 bits per heavy atom. The third-order valence-corrected chi connectivity index (χ3v) is 2.96. The molecule has 2 N–H and O–H groups in total. The molecule has 0 aliphatic heterocycles. The van der Waals surface area contributed by atoms with Gasteiger partial charge in [0.15, 0.2) is 0 Å². The lowest BCUT2D eigenvalue weighted by Gasteiger charge is -2.04. The van der Waals surface area contributed by atoms with E-state index in [9.17, 15) is 4.79 Å². The summed E-state index contributed by atoms with van der Waals surface area (Å²) in [7, 11) is 0. The maximum absolute atomic E-state index is 12.2. The van der Waals surface area contributed by atoms with E-state index in [1.807, 2.05) is 18.2 Å². The molecule has 96 valence electrons. The highest BCUT2D eigenvalue weighted by Crippen LogP contribution is 2.19. The standard InChI is InChI=1S/C13H12N4O2/c1-7-12(8(2)19-17-7)13(18)15-10-4-3-9-6-14-16-11(9)5-10/h3-6H,1-2H3,(H,14,16)(H,15,18). The van der Waals surface area contributed by atoms with Crippen molar-refractivity contribution in [2.45, 2.75) is 13.8 Å². The Hall–Kier alpha value is -2.63. The molecule has 2 aromatic heterocycles. The molecular weight excluding hydrogens is 244 g/mol. The van der Waals surface area contributed by atoms with Crippen molar-refractivity contribution in [3.8, 4) is 0 Å². The van der Waals surface area contributed by atoms with Crippen molar-refractivity contribution in [2.24, 2.45) is 0 Å². The van der Waals surface area contributed by atoms with Crippen LogP contribution in [0.5, 0.6) is 0 Å². The first kappa shape index (κ1) is 11.5. The normalized spacial score (nSPS) is 10.8. The third kappa shape index (κ3) is 1.97. The molecule has 6 nitrogen and oxygen atoms in total.